The summed E-state index contributed by atoms with van der Waals surface area (Å²) in [6.45, 7) is 5.65. The third-order valence-electron chi connectivity index (χ3n) is 6.96. The molecule has 2 amide bonds. The topological polar surface area (TPSA) is 142 Å². The Bertz CT molecular complexity index is 1080. The fraction of sp³-hybridized carbons (Fsp3) is 0.571. The molecule has 0 spiro atoms. The molecule has 208 valence electrons. The van der Waals surface area contributed by atoms with Crippen LogP contribution in [0.15, 0.2) is 23.8 Å². The summed E-state index contributed by atoms with van der Waals surface area (Å²) in [5.74, 6) is -0.503. The van der Waals surface area contributed by atoms with Crippen molar-refractivity contribution in [1.82, 2.24) is 10.2 Å². The molecule has 3 N–H and O–H groups in total. The van der Waals surface area contributed by atoms with E-state index in [1.165, 1.54) is 20.1 Å². The second-order valence-corrected chi connectivity index (χ2v) is 10.2. The molecule has 0 aromatic heterocycles. The van der Waals surface area contributed by atoms with Crippen LogP contribution in [0.3, 0.4) is 0 Å². The van der Waals surface area contributed by atoms with Gasteiger partial charge in [0.05, 0.1) is 25.7 Å². The molecule has 10 nitrogen and oxygen atoms in total. The van der Waals surface area contributed by atoms with Crippen molar-refractivity contribution in [2.45, 2.75) is 70.6 Å². The number of benzene rings is 1. The maximum atomic E-state index is 13.4. The molecule has 10 heteroatoms. The van der Waals surface area contributed by atoms with Crippen molar-refractivity contribution >= 4 is 23.9 Å². The lowest BCUT2D eigenvalue weighted by Crippen LogP contribution is -2.56. The summed E-state index contributed by atoms with van der Waals surface area (Å²) in [6.07, 6.45) is 1.64. The van der Waals surface area contributed by atoms with Crippen LogP contribution in [-0.2, 0) is 14.4 Å². The molecule has 4 unspecified atom stereocenters. The van der Waals surface area contributed by atoms with Crippen LogP contribution in [0.1, 0.15) is 68.3 Å². The second kappa shape index (κ2) is 13.0. The van der Waals surface area contributed by atoms with Gasteiger partial charge in [-0.3, -0.25) is 14.4 Å². The van der Waals surface area contributed by atoms with Gasteiger partial charge in [0.15, 0.2) is 11.5 Å². The van der Waals surface area contributed by atoms with Gasteiger partial charge in [0.1, 0.15) is 24.3 Å². The number of aliphatic hydroxyl groups excluding tert-OH is 2. The van der Waals surface area contributed by atoms with Crippen LogP contribution < -0.4 is 14.8 Å². The standard InChI is InChI=1S/C28H38N2O8/c1-16(2)8-10-30(23(34)7-5-6-17(3)33)21-14-20(28(36)29-9-11-31)24-19-12-18(15-32)13-22(37-4)26(19)38-27(24)25(21)35/h12-16,21,24-25,27,31,35H,5-11H2,1-4H3,(H,29,36). The molecule has 38 heavy (non-hydrogen) atoms. The first kappa shape index (κ1) is 29.3. The average molecular weight is 531 g/mol. The summed E-state index contributed by atoms with van der Waals surface area (Å²) in [5.41, 5.74) is 1.13. The fourth-order valence-corrected chi connectivity index (χ4v) is 5.03. The van der Waals surface area contributed by atoms with E-state index in [2.05, 4.69) is 5.32 Å². The molecule has 1 aromatic rings. The number of carbonyl (C=O) groups is 4. The number of hydrogen-bond acceptors (Lipinski definition) is 8. The lowest BCUT2D eigenvalue weighted by molar-refractivity contribution is -0.137. The van der Waals surface area contributed by atoms with Crippen LogP contribution >= 0.6 is 0 Å². The van der Waals surface area contributed by atoms with E-state index in [4.69, 9.17) is 9.47 Å². The lowest BCUT2D eigenvalue weighted by atomic mass is 9.77. The lowest BCUT2D eigenvalue weighted by Gasteiger charge is -2.41. The van der Waals surface area contributed by atoms with Crippen LogP contribution in [0.25, 0.3) is 0 Å². The van der Waals surface area contributed by atoms with Gasteiger partial charge in [-0.25, -0.2) is 0 Å². The Morgan fingerprint density at radius 1 is 1.24 bits per heavy atom. The van der Waals surface area contributed by atoms with Crippen molar-refractivity contribution in [2.75, 3.05) is 26.8 Å². The monoisotopic (exact) mass is 530 g/mol. The van der Waals surface area contributed by atoms with Crippen molar-refractivity contribution in [2.24, 2.45) is 5.92 Å². The Morgan fingerprint density at radius 2 is 1.97 bits per heavy atom. The number of rotatable bonds is 13. The molecule has 1 aliphatic heterocycles. The van der Waals surface area contributed by atoms with E-state index < -0.39 is 30.1 Å². The predicted molar refractivity (Wildman–Crippen MR) is 139 cm³/mol. The molecular weight excluding hydrogens is 492 g/mol. The first-order chi connectivity index (χ1) is 18.1. The zero-order chi connectivity index (χ0) is 28.0. The SMILES string of the molecule is COc1cc(C=O)cc2c1OC1C2C(C(=O)NCCO)=CC(N(CCC(C)C)C(=O)CCCC(C)=O)C1O. The Labute approximate surface area is 223 Å². The number of amides is 2. The Hall–Kier alpha value is -3.24. The highest BCUT2D eigenvalue weighted by Gasteiger charge is 2.51. The largest absolute Gasteiger partial charge is 0.493 e. The van der Waals surface area contributed by atoms with E-state index in [1.807, 2.05) is 13.8 Å². The van der Waals surface area contributed by atoms with Crippen LogP contribution in [0.2, 0.25) is 0 Å². The first-order valence-corrected chi connectivity index (χ1v) is 13.0. The number of nitrogens with zero attached hydrogens (tertiary/aromatic N) is 1. The second-order valence-electron chi connectivity index (χ2n) is 10.2. The van der Waals surface area contributed by atoms with Gasteiger partial charge >= 0.3 is 0 Å². The highest BCUT2D eigenvalue weighted by molar-refractivity contribution is 5.96. The number of fused-ring (bicyclic) bond motifs is 3. The normalized spacial score (nSPS) is 21.6. The minimum Gasteiger partial charge on any atom is -0.493 e. The molecule has 1 heterocycles. The van der Waals surface area contributed by atoms with Crippen molar-refractivity contribution in [3.8, 4) is 11.5 Å². The summed E-state index contributed by atoms with van der Waals surface area (Å²) in [4.78, 5) is 51.3. The molecule has 0 saturated carbocycles. The van der Waals surface area contributed by atoms with Gasteiger partial charge in [0.2, 0.25) is 11.8 Å². The molecule has 0 radical (unpaired) electrons. The molecule has 0 saturated heterocycles. The number of nitrogens with one attached hydrogen (secondary N) is 1. The van der Waals surface area contributed by atoms with E-state index in [0.29, 0.717) is 48.3 Å². The van der Waals surface area contributed by atoms with Gasteiger partial charge in [-0.15, -0.1) is 0 Å². The predicted octanol–water partition coefficient (Wildman–Crippen LogP) is 1.76. The van der Waals surface area contributed by atoms with E-state index >= 15 is 0 Å². The third-order valence-corrected chi connectivity index (χ3v) is 6.96. The fourth-order valence-electron chi connectivity index (χ4n) is 5.03. The molecule has 0 bridgehead atoms. The van der Waals surface area contributed by atoms with Gasteiger partial charge in [0.25, 0.3) is 0 Å². The molecule has 1 aromatic carbocycles. The summed E-state index contributed by atoms with van der Waals surface area (Å²) in [7, 11) is 1.44. The molecule has 4 atom stereocenters. The highest BCUT2D eigenvalue weighted by atomic mass is 16.5. The summed E-state index contributed by atoms with van der Waals surface area (Å²) < 4.78 is 11.6. The zero-order valence-corrected chi connectivity index (χ0v) is 22.4. The smallest absolute Gasteiger partial charge is 0.247 e. The number of aliphatic hydroxyl groups is 2. The van der Waals surface area contributed by atoms with E-state index in [9.17, 15) is 29.4 Å². The van der Waals surface area contributed by atoms with Crippen molar-refractivity contribution in [1.29, 1.82) is 0 Å². The van der Waals surface area contributed by atoms with Gasteiger partial charge < -0.3 is 34.7 Å². The van der Waals surface area contributed by atoms with Gasteiger partial charge in [-0.05, 0) is 43.9 Å². The van der Waals surface area contributed by atoms with Crippen LogP contribution in [0.5, 0.6) is 11.5 Å². The van der Waals surface area contributed by atoms with Crippen LogP contribution in [0, 0.1) is 5.92 Å². The quantitative estimate of drug-likeness (QED) is 0.328. The van der Waals surface area contributed by atoms with Gasteiger partial charge in [-0.2, -0.15) is 0 Å². The minimum atomic E-state index is -1.19. The number of hydrogen-bond donors (Lipinski definition) is 3. The van der Waals surface area contributed by atoms with Gasteiger partial charge in [0, 0.05) is 42.6 Å². The highest BCUT2D eigenvalue weighted by Crippen LogP contribution is 2.51. The number of methoxy groups -OCH3 is 1. The Morgan fingerprint density at radius 3 is 2.58 bits per heavy atom. The summed E-state index contributed by atoms with van der Waals surface area (Å²) in [5, 5.41) is 23.5. The average Bonchev–Trinajstić information content (AvgIpc) is 3.27. The Balaban J connectivity index is 2.06. The van der Waals surface area contributed by atoms with Crippen LogP contribution in [-0.4, -0.2) is 84.1 Å². The first-order valence-electron chi connectivity index (χ1n) is 13.0. The van der Waals surface area contributed by atoms with E-state index in [0.717, 1.165) is 0 Å². The molecule has 3 rings (SSSR count). The molecular formula is C28H38N2O8. The molecule has 0 fully saturated rings. The number of ketones is 1. The number of aldehydes is 1. The molecule has 1 aliphatic carbocycles. The minimum absolute atomic E-state index is 0.00410. The number of ether oxygens (including phenoxy) is 2. The number of Topliss-reactive ketones (excluding diaryl/α,β-unsaturated/α-hetero) is 1. The maximum Gasteiger partial charge on any atom is 0.247 e. The summed E-state index contributed by atoms with van der Waals surface area (Å²) in [6, 6.07) is 2.27. The maximum absolute atomic E-state index is 13.4. The Kier molecular flexibility index (Phi) is 10.0. The van der Waals surface area contributed by atoms with Crippen molar-refractivity contribution < 1.29 is 38.9 Å². The third kappa shape index (κ3) is 6.42. The number of carbonyl (C=O) groups excluding carboxylic acids is 4. The van der Waals surface area contributed by atoms with Crippen molar-refractivity contribution in [3.05, 3.63) is 34.9 Å². The molecule has 2 aliphatic rings. The van der Waals surface area contributed by atoms with E-state index in [1.54, 1.807) is 17.0 Å². The van der Waals surface area contributed by atoms with E-state index in [-0.39, 0.29) is 49.2 Å². The van der Waals surface area contributed by atoms with Crippen molar-refractivity contribution in [3.63, 3.8) is 0 Å². The van der Waals surface area contributed by atoms with Gasteiger partial charge in [-0.1, -0.05) is 13.8 Å². The van der Waals surface area contributed by atoms with Crippen LogP contribution in [0.4, 0.5) is 0 Å². The summed E-state index contributed by atoms with van der Waals surface area (Å²) >= 11 is 0. The zero-order valence-electron chi connectivity index (χ0n) is 22.4.